The van der Waals surface area contributed by atoms with Crippen molar-refractivity contribution >= 4 is 24.2 Å². The fourth-order valence-electron chi connectivity index (χ4n) is 0.565. The Morgan fingerprint density at radius 2 is 1.60 bits per heavy atom. The van der Waals surface area contributed by atoms with E-state index in [1.165, 1.54) is 0 Å². The largest absolute Gasteiger partial charge is 1.00 e. The number of carbonyl (C=O) groups is 2. The molecular weight excluding hydrogens is 168 g/mol. The van der Waals surface area contributed by atoms with Crippen molar-refractivity contribution in [1.29, 1.82) is 0 Å². The van der Waals surface area contributed by atoms with Crippen LogP contribution in [0.1, 0.15) is 14.3 Å². The molecule has 0 unspecified atom stereocenters. The molecule has 0 atom stereocenters. The van der Waals surface area contributed by atoms with Crippen molar-refractivity contribution < 1.29 is 45.8 Å². The zero-order valence-corrected chi connectivity index (χ0v) is 8.35. The van der Waals surface area contributed by atoms with Crippen molar-refractivity contribution in [3.05, 3.63) is 0 Å². The van der Waals surface area contributed by atoms with Crippen LogP contribution in [0.4, 0.5) is 0 Å². The molecular formula is C4H7ClNNaO3. The molecule has 1 N–H and O–H groups in total. The van der Waals surface area contributed by atoms with Crippen LogP contribution in [0.25, 0.3) is 0 Å². The topological polar surface area (TPSA) is 57.6 Å². The second kappa shape index (κ2) is 5.09. The van der Waals surface area contributed by atoms with E-state index in [4.69, 9.17) is 5.21 Å². The first kappa shape index (κ1) is 13.0. The fraction of sp³-hybridized carbons (Fsp3) is 0.500. The monoisotopic (exact) mass is 175 g/mol. The number of hydroxylamine groups is 2. The molecule has 0 saturated carbocycles. The van der Waals surface area contributed by atoms with Gasteiger partial charge in [0.25, 0.3) is 11.8 Å². The average Bonchev–Trinajstić information content (AvgIpc) is 1.98. The van der Waals surface area contributed by atoms with Gasteiger partial charge >= 0.3 is 29.6 Å². The number of hydrogen-bond acceptors (Lipinski definition) is 3. The maximum absolute atomic E-state index is 10.2. The van der Waals surface area contributed by atoms with E-state index in [9.17, 15) is 9.59 Å². The van der Waals surface area contributed by atoms with Crippen molar-refractivity contribution in [3.8, 4) is 0 Å². The smallest absolute Gasteiger partial charge is 1.00 e. The summed E-state index contributed by atoms with van der Waals surface area (Å²) in [5.74, 6) is -1.01. The van der Waals surface area contributed by atoms with Crippen molar-refractivity contribution in [1.82, 2.24) is 5.06 Å². The van der Waals surface area contributed by atoms with Gasteiger partial charge in [-0.15, -0.1) is 12.4 Å². The fourth-order valence-corrected chi connectivity index (χ4v) is 0.565. The molecule has 0 bridgehead atoms. The first-order chi connectivity index (χ1) is 3.72. The molecule has 1 heterocycles. The van der Waals surface area contributed by atoms with Crippen LogP contribution in [0.2, 0.25) is 0 Å². The first-order valence-corrected chi connectivity index (χ1v) is 2.26. The van der Waals surface area contributed by atoms with E-state index < -0.39 is 11.8 Å². The number of imide groups is 1. The van der Waals surface area contributed by atoms with E-state index in [0.29, 0.717) is 0 Å². The minimum atomic E-state index is -0.505. The van der Waals surface area contributed by atoms with Gasteiger partial charge in [-0.05, 0) is 0 Å². The van der Waals surface area contributed by atoms with Gasteiger partial charge in [0.1, 0.15) is 0 Å². The zero-order chi connectivity index (χ0) is 6.15. The van der Waals surface area contributed by atoms with Crippen LogP contribution in [0.5, 0.6) is 0 Å². The van der Waals surface area contributed by atoms with Crippen LogP contribution >= 0.6 is 12.4 Å². The maximum Gasteiger partial charge on any atom is 1.00 e. The third-order valence-electron chi connectivity index (χ3n) is 1.03. The van der Waals surface area contributed by atoms with Crippen molar-refractivity contribution in [2.24, 2.45) is 0 Å². The van der Waals surface area contributed by atoms with Gasteiger partial charge in [-0.2, -0.15) is 5.06 Å². The summed E-state index contributed by atoms with van der Waals surface area (Å²) in [6.45, 7) is 0. The minimum absolute atomic E-state index is 0. The summed E-state index contributed by atoms with van der Waals surface area (Å²) in [7, 11) is 0. The zero-order valence-electron chi connectivity index (χ0n) is 6.53. The first-order valence-electron chi connectivity index (χ1n) is 2.26. The van der Waals surface area contributed by atoms with Crippen LogP contribution in [0.15, 0.2) is 0 Å². The molecule has 4 nitrogen and oxygen atoms in total. The van der Waals surface area contributed by atoms with Crippen LogP contribution in [-0.4, -0.2) is 22.1 Å². The molecule has 0 aromatic rings. The van der Waals surface area contributed by atoms with E-state index in [-0.39, 0.29) is 61.3 Å². The third kappa shape index (κ3) is 2.56. The summed E-state index contributed by atoms with van der Waals surface area (Å²) < 4.78 is 0. The van der Waals surface area contributed by atoms with E-state index in [1.807, 2.05) is 0 Å². The predicted molar refractivity (Wildman–Crippen MR) is 31.2 cm³/mol. The summed E-state index contributed by atoms with van der Waals surface area (Å²) in [6.07, 6.45) is 0.296. The van der Waals surface area contributed by atoms with Gasteiger partial charge in [0.2, 0.25) is 0 Å². The van der Waals surface area contributed by atoms with Crippen molar-refractivity contribution in [2.45, 2.75) is 12.8 Å². The van der Waals surface area contributed by atoms with Crippen LogP contribution in [0, 0.1) is 0 Å². The summed E-state index contributed by atoms with van der Waals surface area (Å²) in [5, 5.41) is 8.57. The van der Waals surface area contributed by atoms with Crippen LogP contribution in [-0.2, 0) is 9.59 Å². The number of rotatable bonds is 0. The molecule has 1 aliphatic heterocycles. The molecule has 54 valence electrons. The number of halogens is 1. The summed E-state index contributed by atoms with van der Waals surface area (Å²) >= 11 is 0. The Morgan fingerprint density at radius 3 is 1.70 bits per heavy atom. The Morgan fingerprint density at radius 1 is 1.30 bits per heavy atom. The molecule has 0 aromatic heterocycles. The van der Waals surface area contributed by atoms with Gasteiger partial charge in [-0.3, -0.25) is 14.8 Å². The SMILES string of the molecule is Cl.O=C1CCC(=O)N1O.[H-].[Na+]. The van der Waals surface area contributed by atoms with Gasteiger partial charge in [0.15, 0.2) is 0 Å². The summed E-state index contributed by atoms with van der Waals surface area (Å²) in [4.78, 5) is 20.5. The molecule has 6 heteroatoms. The van der Waals surface area contributed by atoms with Crippen LogP contribution < -0.4 is 29.6 Å². The van der Waals surface area contributed by atoms with E-state index in [1.54, 1.807) is 0 Å². The Hall–Kier alpha value is 0.390. The molecule has 2 amide bonds. The van der Waals surface area contributed by atoms with Crippen molar-refractivity contribution in [3.63, 3.8) is 0 Å². The third-order valence-corrected chi connectivity index (χ3v) is 1.03. The van der Waals surface area contributed by atoms with E-state index in [2.05, 4.69) is 0 Å². The predicted octanol–water partition coefficient (Wildman–Crippen LogP) is -2.94. The maximum atomic E-state index is 10.2. The quantitative estimate of drug-likeness (QED) is 0.244. The number of carbonyl (C=O) groups excluding carboxylic acids is 2. The molecule has 0 aromatic carbocycles. The van der Waals surface area contributed by atoms with Gasteiger partial charge in [0.05, 0.1) is 0 Å². The molecule has 1 rings (SSSR count). The molecule has 1 fully saturated rings. The molecule has 1 saturated heterocycles. The van der Waals surface area contributed by atoms with Crippen molar-refractivity contribution in [2.75, 3.05) is 0 Å². The molecule has 10 heavy (non-hydrogen) atoms. The van der Waals surface area contributed by atoms with Crippen LogP contribution in [0.3, 0.4) is 0 Å². The van der Waals surface area contributed by atoms with E-state index >= 15 is 0 Å². The normalized spacial score (nSPS) is 16.3. The van der Waals surface area contributed by atoms with Gasteiger partial charge < -0.3 is 1.43 Å². The Labute approximate surface area is 87.7 Å². The Kier molecular flexibility index (Phi) is 6.63. The second-order valence-corrected chi connectivity index (χ2v) is 1.60. The average molecular weight is 176 g/mol. The Balaban J connectivity index is -0.000000213. The molecule has 0 aliphatic carbocycles. The van der Waals surface area contributed by atoms with Gasteiger partial charge in [0, 0.05) is 12.8 Å². The standard InChI is InChI=1S/C4H5NO3.ClH.Na.H/c6-3-1-2-4(7)5(3)8;;;/h8H,1-2H2;1H;;/q;;+1;-1. The number of amides is 2. The molecule has 0 radical (unpaired) electrons. The summed E-state index contributed by atoms with van der Waals surface area (Å²) in [6, 6.07) is 0. The van der Waals surface area contributed by atoms with Gasteiger partial charge in [-0.25, -0.2) is 0 Å². The second-order valence-electron chi connectivity index (χ2n) is 1.60. The van der Waals surface area contributed by atoms with E-state index in [0.717, 1.165) is 0 Å². The molecule has 0 spiro atoms. The minimum Gasteiger partial charge on any atom is -1.00 e. The van der Waals surface area contributed by atoms with Gasteiger partial charge in [-0.1, -0.05) is 0 Å². The number of nitrogens with zero attached hydrogens (tertiary/aromatic N) is 1. The summed E-state index contributed by atoms with van der Waals surface area (Å²) in [5.41, 5.74) is 0. The number of hydrogen-bond donors (Lipinski definition) is 1. The Bertz CT molecular complexity index is 140. The molecule has 1 aliphatic rings.